The van der Waals surface area contributed by atoms with Crippen molar-refractivity contribution in [3.8, 4) is 0 Å². The first kappa shape index (κ1) is 17.8. The molecule has 1 atom stereocenters. The predicted molar refractivity (Wildman–Crippen MR) is 92.3 cm³/mol. The van der Waals surface area contributed by atoms with E-state index in [9.17, 15) is 13.2 Å². The highest BCUT2D eigenvalue weighted by Crippen LogP contribution is 2.42. The number of hydrogen-bond acceptors (Lipinski definition) is 5. The number of hydrogen-bond donors (Lipinski definition) is 1. The minimum Gasteiger partial charge on any atom is -0.396 e. The Morgan fingerprint density at radius 2 is 1.92 bits per heavy atom. The van der Waals surface area contributed by atoms with E-state index >= 15 is 0 Å². The summed E-state index contributed by atoms with van der Waals surface area (Å²) in [5.74, 6) is 1.73. The molecule has 1 aliphatic carbocycles. The van der Waals surface area contributed by atoms with E-state index in [0.717, 1.165) is 32.2 Å². The highest BCUT2D eigenvalue weighted by Gasteiger charge is 2.42. The first-order valence-corrected chi connectivity index (χ1v) is 9.47. The third kappa shape index (κ3) is 3.12. The normalized spacial score (nSPS) is 28.0. The molecule has 1 N–H and O–H groups in total. The van der Waals surface area contributed by atoms with Crippen LogP contribution in [-0.2, 0) is 12.6 Å². The topological polar surface area (TPSA) is 52.5 Å². The van der Waals surface area contributed by atoms with Gasteiger partial charge in [-0.3, -0.25) is 0 Å². The number of halogens is 3. The van der Waals surface area contributed by atoms with Crippen molar-refractivity contribution in [2.75, 3.05) is 36.0 Å². The molecule has 1 unspecified atom stereocenters. The Kier molecular flexibility index (Phi) is 4.49. The molecule has 2 fully saturated rings. The van der Waals surface area contributed by atoms with Gasteiger partial charge in [0.2, 0.25) is 5.95 Å². The first-order valence-electron chi connectivity index (χ1n) is 9.47. The van der Waals surface area contributed by atoms with E-state index in [1.807, 2.05) is 16.7 Å². The fourth-order valence-electron chi connectivity index (χ4n) is 4.41. The zero-order chi connectivity index (χ0) is 18.5. The highest BCUT2D eigenvalue weighted by atomic mass is 19.4. The maximum atomic E-state index is 13.6. The van der Waals surface area contributed by atoms with Gasteiger partial charge in [0, 0.05) is 37.8 Å². The lowest BCUT2D eigenvalue weighted by molar-refractivity contribution is -0.141. The Hall–Kier alpha value is -1.57. The van der Waals surface area contributed by atoms with E-state index in [2.05, 4.69) is 9.97 Å². The molecular weight excluding hydrogens is 345 g/mol. The maximum absolute atomic E-state index is 13.6. The second-order valence-corrected chi connectivity index (χ2v) is 7.91. The molecule has 1 aromatic rings. The van der Waals surface area contributed by atoms with Gasteiger partial charge in [-0.15, -0.1) is 0 Å². The van der Waals surface area contributed by atoms with Crippen molar-refractivity contribution in [1.82, 2.24) is 9.97 Å². The summed E-state index contributed by atoms with van der Waals surface area (Å²) in [6, 6.07) is 0.190. The molecule has 5 nitrogen and oxygen atoms in total. The molecule has 0 amide bonds. The minimum atomic E-state index is -4.45. The molecule has 1 aromatic heterocycles. The highest BCUT2D eigenvalue weighted by molar-refractivity contribution is 5.58. The van der Waals surface area contributed by atoms with Gasteiger partial charge in [0.15, 0.2) is 5.69 Å². The summed E-state index contributed by atoms with van der Waals surface area (Å²) in [6.07, 6.45) is -0.231. The van der Waals surface area contributed by atoms with Gasteiger partial charge in [0.1, 0.15) is 5.82 Å². The predicted octanol–water partition coefficient (Wildman–Crippen LogP) is 2.87. The quantitative estimate of drug-likeness (QED) is 0.864. The van der Waals surface area contributed by atoms with Gasteiger partial charge in [-0.1, -0.05) is 0 Å². The third-order valence-corrected chi connectivity index (χ3v) is 6.10. The zero-order valence-corrected chi connectivity index (χ0v) is 15.0. The molecule has 2 aliphatic heterocycles. The van der Waals surface area contributed by atoms with Crippen molar-refractivity contribution in [2.24, 2.45) is 11.8 Å². The summed E-state index contributed by atoms with van der Waals surface area (Å²) in [4.78, 5) is 12.3. The second-order valence-electron chi connectivity index (χ2n) is 7.91. The molecule has 0 bridgehead atoms. The fourth-order valence-corrected chi connectivity index (χ4v) is 4.41. The molecular formula is C18H25F3N4O. The van der Waals surface area contributed by atoms with Gasteiger partial charge in [0.05, 0.1) is 0 Å². The molecule has 3 heterocycles. The second kappa shape index (κ2) is 6.55. The molecule has 26 heavy (non-hydrogen) atoms. The fraction of sp³-hybridized carbons (Fsp3) is 0.778. The molecule has 1 saturated carbocycles. The van der Waals surface area contributed by atoms with Crippen molar-refractivity contribution >= 4 is 11.8 Å². The summed E-state index contributed by atoms with van der Waals surface area (Å²) in [6.45, 7) is 4.23. The largest absolute Gasteiger partial charge is 0.433 e. The minimum absolute atomic E-state index is 0.190. The number of nitrogens with zero attached hydrogens (tertiary/aromatic N) is 4. The molecule has 3 aliphatic rings. The smallest absolute Gasteiger partial charge is 0.396 e. The van der Waals surface area contributed by atoms with Crippen LogP contribution >= 0.6 is 0 Å². The van der Waals surface area contributed by atoms with Crippen LogP contribution in [-0.4, -0.2) is 47.4 Å². The summed E-state index contributed by atoms with van der Waals surface area (Å²) in [7, 11) is 0. The van der Waals surface area contributed by atoms with Crippen LogP contribution in [0.1, 0.15) is 43.9 Å². The van der Waals surface area contributed by atoms with Crippen LogP contribution in [0.5, 0.6) is 0 Å². The van der Waals surface area contributed by atoms with Crippen LogP contribution in [0, 0.1) is 11.8 Å². The lowest BCUT2D eigenvalue weighted by atomic mass is 9.73. The number of alkyl halides is 3. The van der Waals surface area contributed by atoms with Crippen molar-refractivity contribution in [1.29, 1.82) is 0 Å². The van der Waals surface area contributed by atoms with Crippen LogP contribution in [0.3, 0.4) is 0 Å². The van der Waals surface area contributed by atoms with Crippen molar-refractivity contribution in [3.05, 3.63) is 11.3 Å². The van der Waals surface area contributed by atoms with Crippen LogP contribution < -0.4 is 9.80 Å². The van der Waals surface area contributed by atoms with E-state index in [1.54, 1.807) is 0 Å². The van der Waals surface area contributed by atoms with Crippen molar-refractivity contribution in [3.63, 3.8) is 0 Å². The van der Waals surface area contributed by atoms with Gasteiger partial charge in [-0.25, -0.2) is 4.98 Å². The number of rotatable bonds is 5. The third-order valence-electron chi connectivity index (χ3n) is 6.10. The molecule has 1 saturated heterocycles. The Balaban J connectivity index is 1.57. The van der Waals surface area contributed by atoms with E-state index < -0.39 is 11.9 Å². The summed E-state index contributed by atoms with van der Waals surface area (Å²) in [5.41, 5.74) is -0.508. The maximum Gasteiger partial charge on any atom is 0.433 e. The lowest BCUT2D eigenvalue weighted by Gasteiger charge is -2.40. The van der Waals surface area contributed by atoms with E-state index in [-0.39, 0.29) is 24.2 Å². The zero-order valence-electron chi connectivity index (χ0n) is 15.0. The Labute approximate surface area is 151 Å². The van der Waals surface area contributed by atoms with Gasteiger partial charge in [-0.2, -0.15) is 18.2 Å². The van der Waals surface area contributed by atoms with Crippen LogP contribution in [0.15, 0.2) is 0 Å². The summed E-state index contributed by atoms with van der Waals surface area (Å²) < 4.78 is 40.7. The van der Waals surface area contributed by atoms with Gasteiger partial charge < -0.3 is 14.9 Å². The molecule has 0 radical (unpaired) electrons. The van der Waals surface area contributed by atoms with E-state index in [1.165, 1.54) is 0 Å². The number of aliphatic hydroxyl groups is 1. The Bertz CT molecular complexity index is 675. The average molecular weight is 370 g/mol. The number of fused-ring (bicyclic) bond motifs is 1. The molecule has 4 rings (SSSR count). The summed E-state index contributed by atoms with van der Waals surface area (Å²) in [5, 5.41) is 9.00. The van der Waals surface area contributed by atoms with Crippen LogP contribution in [0.4, 0.5) is 24.9 Å². The van der Waals surface area contributed by atoms with Gasteiger partial charge >= 0.3 is 6.18 Å². The number of aromatic nitrogens is 2. The average Bonchev–Trinajstić information content (AvgIpc) is 2.93. The SMILES string of the molecule is CC1CCN1c1nc2c(c(C(F)(F)F)n1)CCN2CC1CC(CCO)C1. The molecule has 0 spiro atoms. The molecule has 0 aromatic carbocycles. The standard InChI is InChI=1S/C18H25F3N4O/c1-11-2-6-25(11)17-22-15(18(19,20)21)14-3-5-24(16(14)23-17)10-13-8-12(9-13)4-7-26/h11-13,26H,2-10H2,1H3. The van der Waals surface area contributed by atoms with E-state index in [0.29, 0.717) is 37.2 Å². The van der Waals surface area contributed by atoms with E-state index in [4.69, 9.17) is 5.11 Å². The Morgan fingerprint density at radius 3 is 2.50 bits per heavy atom. The molecule has 8 heteroatoms. The Morgan fingerprint density at radius 1 is 1.15 bits per heavy atom. The monoisotopic (exact) mass is 370 g/mol. The van der Waals surface area contributed by atoms with Crippen molar-refractivity contribution in [2.45, 2.75) is 51.2 Å². The van der Waals surface area contributed by atoms with Gasteiger partial charge in [0.25, 0.3) is 0 Å². The lowest BCUT2D eigenvalue weighted by Crippen LogP contribution is -2.47. The summed E-state index contributed by atoms with van der Waals surface area (Å²) >= 11 is 0. The number of aliphatic hydroxyl groups excluding tert-OH is 1. The molecule has 144 valence electrons. The van der Waals surface area contributed by atoms with Crippen LogP contribution in [0.25, 0.3) is 0 Å². The van der Waals surface area contributed by atoms with Crippen LogP contribution in [0.2, 0.25) is 0 Å². The first-order chi connectivity index (χ1) is 12.4. The number of anilines is 2. The van der Waals surface area contributed by atoms with Crippen molar-refractivity contribution < 1.29 is 18.3 Å². The van der Waals surface area contributed by atoms with Gasteiger partial charge in [-0.05, 0) is 50.9 Å².